The SMILES string of the molecule is COc1ccc(C(=O)N2CCN([C@H]3CCCN(Cc4ccccc4)C3=O)CC2)c(O)c1. The predicted octanol–water partition coefficient (Wildman–Crippen LogP) is 2.35. The number of piperidine rings is 1. The van der Waals surface area contributed by atoms with Gasteiger partial charge < -0.3 is 19.6 Å². The summed E-state index contributed by atoms with van der Waals surface area (Å²) in [5, 5.41) is 10.2. The molecule has 7 nitrogen and oxygen atoms in total. The molecule has 2 aromatic rings. The molecule has 2 saturated heterocycles. The van der Waals surface area contributed by atoms with Crippen molar-refractivity contribution in [2.24, 2.45) is 0 Å². The fourth-order valence-electron chi connectivity index (χ4n) is 4.45. The zero-order valence-electron chi connectivity index (χ0n) is 17.9. The predicted molar refractivity (Wildman–Crippen MR) is 117 cm³/mol. The van der Waals surface area contributed by atoms with E-state index in [0.717, 1.165) is 24.9 Å². The Kier molecular flexibility index (Phi) is 6.42. The van der Waals surface area contributed by atoms with E-state index < -0.39 is 0 Å². The van der Waals surface area contributed by atoms with Crippen molar-refractivity contribution in [1.82, 2.24) is 14.7 Å². The van der Waals surface area contributed by atoms with Gasteiger partial charge in [-0.05, 0) is 30.5 Å². The van der Waals surface area contributed by atoms with E-state index >= 15 is 0 Å². The molecule has 0 aromatic heterocycles. The second-order valence-corrected chi connectivity index (χ2v) is 8.11. The molecule has 31 heavy (non-hydrogen) atoms. The molecule has 2 aliphatic rings. The molecule has 1 atom stereocenters. The van der Waals surface area contributed by atoms with Crippen molar-refractivity contribution >= 4 is 11.8 Å². The van der Waals surface area contributed by atoms with Gasteiger partial charge in [0.05, 0.1) is 18.7 Å². The van der Waals surface area contributed by atoms with E-state index in [9.17, 15) is 14.7 Å². The number of aromatic hydroxyl groups is 1. The highest BCUT2D eigenvalue weighted by Gasteiger charge is 2.35. The summed E-state index contributed by atoms with van der Waals surface area (Å²) in [6.45, 7) is 3.81. The lowest BCUT2D eigenvalue weighted by Crippen LogP contribution is -2.58. The molecule has 2 aromatic carbocycles. The summed E-state index contributed by atoms with van der Waals surface area (Å²) < 4.78 is 5.09. The van der Waals surface area contributed by atoms with E-state index in [1.165, 1.54) is 13.2 Å². The lowest BCUT2D eigenvalue weighted by molar-refractivity contribution is -0.141. The Balaban J connectivity index is 1.35. The summed E-state index contributed by atoms with van der Waals surface area (Å²) in [7, 11) is 1.52. The molecule has 164 valence electrons. The number of amides is 2. The van der Waals surface area contributed by atoms with Gasteiger partial charge in [-0.15, -0.1) is 0 Å². The number of hydrogen-bond acceptors (Lipinski definition) is 5. The van der Waals surface area contributed by atoms with Crippen LogP contribution in [0.25, 0.3) is 0 Å². The van der Waals surface area contributed by atoms with Crippen LogP contribution in [0.3, 0.4) is 0 Å². The number of benzene rings is 2. The molecule has 2 heterocycles. The van der Waals surface area contributed by atoms with E-state index in [1.807, 2.05) is 23.1 Å². The number of methoxy groups -OCH3 is 1. The van der Waals surface area contributed by atoms with Gasteiger partial charge in [0.15, 0.2) is 0 Å². The number of likely N-dealkylation sites (tertiary alicyclic amines) is 1. The van der Waals surface area contributed by atoms with Crippen LogP contribution in [0.2, 0.25) is 0 Å². The normalized spacial score (nSPS) is 20.0. The van der Waals surface area contributed by atoms with Crippen LogP contribution < -0.4 is 4.74 Å². The highest BCUT2D eigenvalue weighted by atomic mass is 16.5. The van der Waals surface area contributed by atoms with Crippen molar-refractivity contribution in [2.75, 3.05) is 39.8 Å². The lowest BCUT2D eigenvalue weighted by Gasteiger charge is -2.42. The van der Waals surface area contributed by atoms with Crippen molar-refractivity contribution in [1.29, 1.82) is 0 Å². The van der Waals surface area contributed by atoms with E-state index in [2.05, 4.69) is 17.0 Å². The monoisotopic (exact) mass is 423 g/mol. The number of carbonyl (C=O) groups is 2. The summed E-state index contributed by atoms with van der Waals surface area (Å²) in [6.07, 6.45) is 1.85. The molecule has 0 aliphatic carbocycles. The van der Waals surface area contributed by atoms with Gasteiger partial charge in [-0.2, -0.15) is 0 Å². The van der Waals surface area contributed by atoms with Gasteiger partial charge in [0.25, 0.3) is 5.91 Å². The van der Waals surface area contributed by atoms with Gasteiger partial charge in [0.1, 0.15) is 11.5 Å². The van der Waals surface area contributed by atoms with Crippen LogP contribution in [-0.2, 0) is 11.3 Å². The van der Waals surface area contributed by atoms with Crippen LogP contribution in [0.4, 0.5) is 0 Å². The molecule has 0 saturated carbocycles. The Bertz CT molecular complexity index is 926. The van der Waals surface area contributed by atoms with Gasteiger partial charge in [-0.1, -0.05) is 30.3 Å². The van der Waals surface area contributed by atoms with E-state index in [-0.39, 0.29) is 29.2 Å². The third kappa shape index (κ3) is 4.66. The first kappa shape index (κ1) is 21.2. The number of hydrogen-bond donors (Lipinski definition) is 1. The van der Waals surface area contributed by atoms with Gasteiger partial charge in [-0.3, -0.25) is 14.5 Å². The van der Waals surface area contributed by atoms with Crippen LogP contribution in [0.1, 0.15) is 28.8 Å². The molecule has 0 unspecified atom stereocenters. The van der Waals surface area contributed by atoms with Gasteiger partial charge >= 0.3 is 0 Å². The van der Waals surface area contributed by atoms with Crippen molar-refractivity contribution in [3.63, 3.8) is 0 Å². The molecular formula is C24H29N3O4. The lowest BCUT2D eigenvalue weighted by atomic mass is 10.0. The summed E-state index contributed by atoms with van der Waals surface area (Å²) in [6, 6.07) is 14.7. The Hall–Kier alpha value is -3.06. The summed E-state index contributed by atoms with van der Waals surface area (Å²) >= 11 is 0. The smallest absolute Gasteiger partial charge is 0.257 e. The summed E-state index contributed by atoms with van der Waals surface area (Å²) in [5.41, 5.74) is 1.42. The Morgan fingerprint density at radius 2 is 1.81 bits per heavy atom. The molecule has 0 bridgehead atoms. The standard InChI is InChI=1S/C24H29N3O4/c1-31-19-9-10-20(22(28)16-19)23(29)26-14-12-25(13-15-26)21-8-5-11-27(24(21)30)17-18-6-3-2-4-7-18/h2-4,6-7,9-10,16,21,28H,5,8,11-15,17H2,1H3/t21-/m0/s1. The molecule has 0 spiro atoms. The maximum Gasteiger partial charge on any atom is 0.257 e. The molecule has 2 fully saturated rings. The Morgan fingerprint density at radius 1 is 1.06 bits per heavy atom. The molecule has 2 amide bonds. The maximum absolute atomic E-state index is 13.1. The molecule has 2 aliphatic heterocycles. The number of rotatable bonds is 5. The number of carbonyl (C=O) groups excluding carboxylic acids is 2. The van der Waals surface area contributed by atoms with Gasteiger partial charge in [0, 0.05) is 45.3 Å². The Labute approximate surface area is 182 Å². The second kappa shape index (κ2) is 9.39. The molecule has 4 rings (SSSR count). The molecule has 1 N–H and O–H groups in total. The first-order chi connectivity index (χ1) is 15.1. The highest BCUT2D eigenvalue weighted by molar-refractivity contribution is 5.97. The minimum atomic E-state index is -0.194. The quantitative estimate of drug-likeness (QED) is 0.799. The molecule has 7 heteroatoms. The van der Waals surface area contributed by atoms with Crippen molar-refractivity contribution < 1.29 is 19.4 Å². The first-order valence-electron chi connectivity index (χ1n) is 10.8. The minimum Gasteiger partial charge on any atom is -0.507 e. The number of phenolic OH excluding ortho intramolecular Hbond substituents is 1. The maximum atomic E-state index is 13.1. The van der Waals surface area contributed by atoms with Crippen LogP contribution in [0.5, 0.6) is 11.5 Å². The van der Waals surface area contributed by atoms with Gasteiger partial charge in [-0.25, -0.2) is 0 Å². The molecular weight excluding hydrogens is 394 g/mol. The van der Waals surface area contributed by atoms with Gasteiger partial charge in [0.2, 0.25) is 5.91 Å². The van der Waals surface area contributed by atoms with E-state index in [4.69, 9.17) is 4.74 Å². The third-order valence-corrected chi connectivity index (χ3v) is 6.20. The van der Waals surface area contributed by atoms with Crippen LogP contribution >= 0.6 is 0 Å². The largest absolute Gasteiger partial charge is 0.507 e. The number of nitrogens with zero attached hydrogens (tertiary/aromatic N) is 3. The minimum absolute atomic E-state index is 0.0780. The van der Waals surface area contributed by atoms with Crippen LogP contribution in [0, 0.1) is 0 Å². The fourth-order valence-corrected chi connectivity index (χ4v) is 4.45. The van der Waals surface area contributed by atoms with Crippen molar-refractivity contribution in [3.8, 4) is 11.5 Å². The number of phenols is 1. The van der Waals surface area contributed by atoms with E-state index in [1.54, 1.807) is 17.0 Å². The fraction of sp³-hybridized carbons (Fsp3) is 0.417. The zero-order chi connectivity index (χ0) is 21.8. The topological polar surface area (TPSA) is 73.3 Å². The molecule has 0 radical (unpaired) electrons. The van der Waals surface area contributed by atoms with E-state index in [0.29, 0.717) is 38.5 Å². The zero-order valence-corrected chi connectivity index (χ0v) is 17.9. The highest BCUT2D eigenvalue weighted by Crippen LogP contribution is 2.26. The van der Waals surface area contributed by atoms with Crippen LogP contribution in [0.15, 0.2) is 48.5 Å². The van der Waals surface area contributed by atoms with Crippen molar-refractivity contribution in [2.45, 2.75) is 25.4 Å². The summed E-state index contributed by atoms with van der Waals surface area (Å²) in [5.74, 6) is 0.420. The average Bonchev–Trinajstić information content (AvgIpc) is 2.81. The third-order valence-electron chi connectivity index (χ3n) is 6.20. The Morgan fingerprint density at radius 3 is 2.48 bits per heavy atom. The van der Waals surface area contributed by atoms with Crippen LogP contribution in [-0.4, -0.2) is 77.5 Å². The average molecular weight is 424 g/mol. The first-order valence-corrected chi connectivity index (χ1v) is 10.8. The second-order valence-electron chi connectivity index (χ2n) is 8.11. The number of piperazine rings is 1. The summed E-state index contributed by atoms with van der Waals surface area (Å²) in [4.78, 5) is 31.9. The number of ether oxygens (including phenoxy) is 1. The van der Waals surface area contributed by atoms with Crippen molar-refractivity contribution in [3.05, 3.63) is 59.7 Å².